The number of hydrogen-bond donors (Lipinski definition) is 1. The summed E-state index contributed by atoms with van der Waals surface area (Å²) in [6.45, 7) is 3.83. The quantitative estimate of drug-likeness (QED) is 0.647. The summed E-state index contributed by atoms with van der Waals surface area (Å²) in [7, 11) is 0. The molecule has 0 aliphatic heterocycles. The van der Waals surface area contributed by atoms with E-state index in [1.165, 1.54) is 0 Å². The van der Waals surface area contributed by atoms with E-state index in [1.54, 1.807) is 24.3 Å². The zero-order valence-corrected chi connectivity index (χ0v) is 11.8. The van der Waals surface area contributed by atoms with Crippen LogP contribution in [-0.4, -0.2) is 27.8 Å². The van der Waals surface area contributed by atoms with Gasteiger partial charge < -0.3 is 9.84 Å². The zero-order chi connectivity index (χ0) is 13.7. The third-order valence-corrected chi connectivity index (χ3v) is 2.89. The molecule has 5 heteroatoms. The van der Waals surface area contributed by atoms with Gasteiger partial charge in [0, 0.05) is 5.56 Å². The fourth-order valence-corrected chi connectivity index (χ4v) is 1.94. The van der Waals surface area contributed by atoms with Crippen molar-refractivity contribution >= 4 is 27.7 Å². The maximum Gasteiger partial charge on any atom is 0.304 e. The second-order valence-electron chi connectivity index (χ2n) is 4.12. The normalized spacial score (nSPS) is 12.2. The molecule has 1 rings (SSSR count). The van der Waals surface area contributed by atoms with E-state index in [2.05, 4.69) is 15.9 Å². The average molecular weight is 315 g/mol. The molecule has 1 unspecified atom stereocenters. The molecule has 18 heavy (non-hydrogen) atoms. The third kappa shape index (κ3) is 4.49. The molecule has 0 aliphatic carbocycles. The summed E-state index contributed by atoms with van der Waals surface area (Å²) in [5, 5.41) is 8.62. The predicted molar refractivity (Wildman–Crippen MR) is 71.5 cm³/mol. The zero-order valence-electron chi connectivity index (χ0n) is 10.2. The van der Waals surface area contributed by atoms with E-state index in [0.717, 1.165) is 0 Å². The molecule has 1 aromatic rings. The van der Waals surface area contributed by atoms with Gasteiger partial charge in [-0.05, 0) is 38.1 Å². The maximum absolute atomic E-state index is 11.9. The second-order valence-corrected chi connectivity index (χ2v) is 5.23. The summed E-state index contributed by atoms with van der Waals surface area (Å²) in [4.78, 5) is 21.7. The van der Waals surface area contributed by atoms with E-state index in [-0.39, 0.29) is 18.3 Å². The average Bonchev–Trinajstić information content (AvgIpc) is 2.27. The Labute approximate surface area is 114 Å². The minimum absolute atomic E-state index is 0.0717. The van der Waals surface area contributed by atoms with Gasteiger partial charge in [0.2, 0.25) is 0 Å². The van der Waals surface area contributed by atoms with Crippen molar-refractivity contribution in [2.24, 2.45) is 0 Å². The summed E-state index contributed by atoms with van der Waals surface area (Å²) in [6, 6.07) is 6.67. The minimum Gasteiger partial charge on any atom is -0.491 e. The molecule has 4 nitrogen and oxygen atoms in total. The van der Waals surface area contributed by atoms with Crippen molar-refractivity contribution in [2.45, 2.75) is 31.2 Å². The van der Waals surface area contributed by atoms with E-state index in [0.29, 0.717) is 11.3 Å². The molecule has 0 aromatic heterocycles. The Bertz CT molecular complexity index is 425. The molecule has 0 fully saturated rings. The largest absolute Gasteiger partial charge is 0.491 e. The van der Waals surface area contributed by atoms with Crippen LogP contribution in [0.15, 0.2) is 24.3 Å². The molecule has 1 atom stereocenters. The van der Waals surface area contributed by atoms with Crippen LogP contribution < -0.4 is 4.74 Å². The first-order valence-corrected chi connectivity index (χ1v) is 6.48. The number of ketones is 1. The van der Waals surface area contributed by atoms with E-state index in [4.69, 9.17) is 9.84 Å². The lowest BCUT2D eigenvalue weighted by Gasteiger charge is -2.10. The van der Waals surface area contributed by atoms with Gasteiger partial charge in [0.05, 0.1) is 17.4 Å². The summed E-state index contributed by atoms with van der Waals surface area (Å²) in [6.07, 6.45) is -0.161. The number of benzene rings is 1. The molecule has 0 saturated carbocycles. The van der Waals surface area contributed by atoms with Crippen LogP contribution in [0, 0.1) is 0 Å². The number of carboxylic acid groups (broad SMARTS) is 1. The molecule has 1 N–H and O–H groups in total. The molecule has 0 heterocycles. The van der Waals surface area contributed by atoms with Gasteiger partial charge in [-0.25, -0.2) is 0 Å². The van der Waals surface area contributed by atoms with Crippen molar-refractivity contribution in [2.75, 3.05) is 0 Å². The number of carbonyl (C=O) groups is 2. The number of carboxylic acids is 1. The third-order valence-electron chi connectivity index (χ3n) is 2.15. The summed E-state index contributed by atoms with van der Waals surface area (Å²) in [5.41, 5.74) is 0.467. The van der Waals surface area contributed by atoms with E-state index < -0.39 is 10.8 Å². The van der Waals surface area contributed by atoms with Gasteiger partial charge in [-0.15, -0.1) is 0 Å². The second kappa shape index (κ2) is 6.54. The number of hydrogen-bond acceptors (Lipinski definition) is 3. The number of carbonyl (C=O) groups excluding carboxylic acids is 1. The molecule has 0 saturated heterocycles. The first kappa shape index (κ1) is 14.7. The van der Waals surface area contributed by atoms with Crippen molar-refractivity contribution in [1.82, 2.24) is 0 Å². The van der Waals surface area contributed by atoms with Crippen molar-refractivity contribution in [3.63, 3.8) is 0 Å². The maximum atomic E-state index is 11.9. The van der Waals surface area contributed by atoms with Crippen LogP contribution in [-0.2, 0) is 4.79 Å². The number of halogens is 1. The van der Waals surface area contributed by atoms with Crippen LogP contribution >= 0.6 is 15.9 Å². The van der Waals surface area contributed by atoms with Gasteiger partial charge in [-0.3, -0.25) is 9.59 Å². The van der Waals surface area contributed by atoms with Crippen LogP contribution in [0.25, 0.3) is 0 Å². The fraction of sp³-hybridized carbons (Fsp3) is 0.385. The highest BCUT2D eigenvalue weighted by Gasteiger charge is 2.19. The Kier molecular flexibility index (Phi) is 5.34. The van der Waals surface area contributed by atoms with Crippen LogP contribution in [0.5, 0.6) is 5.75 Å². The Morgan fingerprint density at radius 2 is 1.83 bits per heavy atom. The van der Waals surface area contributed by atoms with Crippen molar-refractivity contribution in [1.29, 1.82) is 0 Å². The van der Waals surface area contributed by atoms with E-state index in [9.17, 15) is 9.59 Å². The van der Waals surface area contributed by atoms with E-state index >= 15 is 0 Å². The fourth-order valence-electron chi connectivity index (χ4n) is 1.40. The van der Waals surface area contributed by atoms with Gasteiger partial charge in [0.1, 0.15) is 5.75 Å². The molecular weight excluding hydrogens is 300 g/mol. The molecule has 0 amide bonds. The Balaban J connectivity index is 2.72. The monoisotopic (exact) mass is 314 g/mol. The lowest BCUT2D eigenvalue weighted by atomic mass is 10.1. The SMILES string of the molecule is CC(C)Oc1ccc(C(=O)C(Br)CC(=O)O)cc1. The standard InChI is InChI=1S/C13H15BrO4/c1-8(2)18-10-5-3-9(4-6-10)13(17)11(14)7-12(15)16/h3-6,8,11H,7H2,1-2H3,(H,15,16). The number of aliphatic carboxylic acids is 1. The van der Waals surface area contributed by atoms with Gasteiger partial charge in [0.15, 0.2) is 5.78 Å². The van der Waals surface area contributed by atoms with Crippen molar-refractivity contribution in [3.05, 3.63) is 29.8 Å². The molecule has 1 aromatic carbocycles. The lowest BCUT2D eigenvalue weighted by Crippen LogP contribution is -2.18. The van der Waals surface area contributed by atoms with E-state index in [1.807, 2.05) is 13.8 Å². The van der Waals surface area contributed by atoms with Gasteiger partial charge in [-0.2, -0.15) is 0 Å². The van der Waals surface area contributed by atoms with Crippen LogP contribution in [0.2, 0.25) is 0 Å². The number of alkyl halides is 1. The van der Waals surface area contributed by atoms with Gasteiger partial charge in [0.25, 0.3) is 0 Å². The first-order valence-electron chi connectivity index (χ1n) is 5.57. The summed E-state index contributed by atoms with van der Waals surface area (Å²) < 4.78 is 5.46. The highest BCUT2D eigenvalue weighted by atomic mass is 79.9. The Morgan fingerprint density at radius 1 is 1.28 bits per heavy atom. The van der Waals surface area contributed by atoms with Crippen LogP contribution in [0.3, 0.4) is 0 Å². The smallest absolute Gasteiger partial charge is 0.304 e. The summed E-state index contributed by atoms with van der Waals surface area (Å²) in [5.74, 6) is -0.565. The lowest BCUT2D eigenvalue weighted by molar-refractivity contribution is -0.136. The molecule has 0 radical (unpaired) electrons. The number of Topliss-reactive ketones (excluding diaryl/α,β-unsaturated/α-hetero) is 1. The molecular formula is C13H15BrO4. The van der Waals surface area contributed by atoms with Crippen LogP contribution in [0.1, 0.15) is 30.6 Å². The highest BCUT2D eigenvalue weighted by molar-refractivity contribution is 9.10. The van der Waals surface area contributed by atoms with Crippen molar-refractivity contribution in [3.8, 4) is 5.75 Å². The summed E-state index contributed by atoms with van der Waals surface area (Å²) >= 11 is 3.08. The molecule has 0 spiro atoms. The van der Waals surface area contributed by atoms with Crippen molar-refractivity contribution < 1.29 is 19.4 Å². The Morgan fingerprint density at radius 3 is 2.28 bits per heavy atom. The number of rotatable bonds is 6. The Hall–Kier alpha value is -1.36. The number of ether oxygens (including phenoxy) is 1. The molecule has 98 valence electrons. The molecule has 0 aliphatic rings. The molecule has 0 bridgehead atoms. The van der Waals surface area contributed by atoms with Gasteiger partial charge >= 0.3 is 5.97 Å². The predicted octanol–water partition coefficient (Wildman–Crippen LogP) is 2.89. The highest BCUT2D eigenvalue weighted by Crippen LogP contribution is 2.18. The topological polar surface area (TPSA) is 63.6 Å². The minimum atomic E-state index is -1.01. The first-order chi connectivity index (χ1) is 8.40. The van der Waals surface area contributed by atoms with Crippen LogP contribution in [0.4, 0.5) is 0 Å². The van der Waals surface area contributed by atoms with Gasteiger partial charge in [-0.1, -0.05) is 15.9 Å².